The lowest BCUT2D eigenvalue weighted by atomic mass is 9.91. The Morgan fingerprint density at radius 3 is 2.19 bits per heavy atom. The summed E-state index contributed by atoms with van der Waals surface area (Å²) in [7, 11) is 0. The fourth-order valence-corrected chi connectivity index (χ4v) is 1.40. The Labute approximate surface area is 95.4 Å². The molecule has 0 bridgehead atoms. The van der Waals surface area contributed by atoms with Crippen LogP contribution < -0.4 is 4.74 Å². The summed E-state index contributed by atoms with van der Waals surface area (Å²) in [6, 6.07) is 3.72. The SMILES string of the molecule is CC(C)(C)CCCOc1c(F)cccc1F. The van der Waals surface area contributed by atoms with Crippen molar-refractivity contribution in [3.8, 4) is 5.75 Å². The summed E-state index contributed by atoms with van der Waals surface area (Å²) in [5.41, 5.74) is 0.219. The molecule has 0 N–H and O–H groups in total. The highest BCUT2D eigenvalue weighted by Crippen LogP contribution is 2.23. The van der Waals surface area contributed by atoms with E-state index in [2.05, 4.69) is 20.8 Å². The molecule has 3 heteroatoms. The number of hydrogen-bond donors (Lipinski definition) is 0. The summed E-state index contributed by atoms with van der Waals surface area (Å²) in [5.74, 6) is -1.55. The van der Waals surface area contributed by atoms with Crippen LogP contribution in [0.5, 0.6) is 5.75 Å². The predicted molar refractivity (Wildman–Crippen MR) is 60.5 cm³/mol. The molecule has 0 fully saturated rings. The number of hydrogen-bond acceptors (Lipinski definition) is 1. The van der Waals surface area contributed by atoms with Gasteiger partial charge in [0.25, 0.3) is 0 Å². The number of para-hydroxylation sites is 1. The molecule has 0 saturated heterocycles. The van der Waals surface area contributed by atoms with Gasteiger partial charge in [0.2, 0.25) is 0 Å². The topological polar surface area (TPSA) is 9.23 Å². The van der Waals surface area contributed by atoms with Crippen molar-refractivity contribution in [2.75, 3.05) is 6.61 Å². The van der Waals surface area contributed by atoms with Crippen LogP contribution in [-0.4, -0.2) is 6.61 Å². The van der Waals surface area contributed by atoms with Gasteiger partial charge in [-0.2, -0.15) is 0 Å². The molecule has 0 saturated carbocycles. The Kier molecular flexibility index (Phi) is 4.27. The second-order valence-corrected chi connectivity index (χ2v) is 5.06. The first-order chi connectivity index (χ1) is 7.40. The maximum Gasteiger partial charge on any atom is 0.190 e. The van der Waals surface area contributed by atoms with Crippen LogP contribution in [0.3, 0.4) is 0 Å². The summed E-state index contributed by atoms with van der Waals surface area (Å²) >= 11 is 0. The minimum atomic E-state index is -0.643. The molecule has 0 spiro atoms. The second kappa shape index (κ2) is 5.28. The van der Waals surface area contributed by atoms with Gasteiger partial charge in [0.1, 0.15) is 0 Å². The Hall–Kier alpha value is -1.12. The summed E-state index contributed by atoms with van der Waals surface area (Å²) in [6.45, 7) is 6.71. The fourth-order valence-electron chi connectivity index (χ4n) is 1.40. The van der Waals surface area contributed by atoms with Crippen LogP contribution in [0.2, 0.25) is 0 Å². The average Bonchev–Trinajstić information content (AvgIpc) is 2.14. The summed E-state index contributed by atoms with van der Waals surface area (Å²) in [5, 5.41) is 0. The molecule has 0 aliphatic rings. The normalized spacial score (nSPS) is 11.6. The van der Waals surface area contributed by atoms with Gasteiger partial charge < -0.3 is 4.74 Å². The molecule has 0 heterocycles. The highest BCUT2D eigenvalue weighted by molar-refractivity contribution is 5.25. The van der Waals surface area contributed by atoms with E-state index < -0.39 is 11.6 Å². The average molecular weight is 228 g/mol. The molecule has 0 aliphatic carbocycles. The smallest absolute Gasteiger partial charge is 0.190 e. The lowest BCUT2D eigenvalue weighted by Gasteiger charge is -2.17. The van der Waals surface area contributed by atoms with Gasteiger partial charge >= 0.3 is 0 Å². The molecule has 90 valence electrons. The third-order valence-corrected chi connectivity index (χ3v) is 2.24. The zero-order valence-electron chi connectivity index (χ0n) is 10.0. The van der Waals surface area contributed by atoms with Crippen LogP contribution in [0, 0.1) is 17.0 Å². The van der Waals surface area contributed by atoms with Crippen molar-refractivity contribution in [2.24, 2.45) is 5.41 Å². The van der Waals surface area contributed by atoms with Crippen molar-refractivity contribution in [1.29, 1.82) is 0 Å². The molecule has 1 rings (SSSR count). The van der Waals surface area contributed by atoms with Crippen molar-refractivity contribution in [3.63, 3.8) is 0 Å². The maximum absolute atomic E-state index is 13.1. The zero-order valence-corrected chi connectivity index (χ0v) is 10.0. The molecule has 1 aromatic carbocycles. The van der Waals surface area contributed by atoms with Gasteiger partial charge in [-0.05, 0) is 30.4 Å². The van der Waals surface area contributed by atoms with E-state index in [1.54, 1.807) is 0 Å². The van der Waals surface area contributed by atoms with Gasteiger partial charge in [-0.1, -0.05) is 26.8 Å². The summed E-state index contributed by atoms with van der Waals surface area (Å²) in [4.78, 5) is 0. The van der Waals surface area contributed by atoms with Crippen LogP contribution in [-0.2, 0) is 0 Å². The van der Waals surface area contributed by atoms with Gasteiger partial charge in [0, 0.05) is 0 Å². The Bertz CT molecular complexity index is 322. The van der Waals surface area contributed by atoms with Crippen LogP contribution in [0.4, 0.5) is 8.78 Å². The van der Waals surface area contributed by atoms with Crippen molar-refractivity contribution in [2.45, 2.75) is 33.6 Å². The van der Waals surface area contributed by atoms with Crippen LogP contribution in [0.1, 0.15) is 33.6 Å². The van der Waals surface area contributed by atoms with Crippen molar-refractivity contribution < 1.29 is 13.5 Å². The molecule has 16 heavy (non-hydrogen) atoms. The molecular weight excluding hydrogens is 210 g/mol. The Morgan fingerprint density at radius 1 is 1.12 bits per heavy atom. The first-order valence-corrected chi connectivity index (χ1v) is 5.47. The maximum atomic E-state index is 13.1. The first-order valence-electron chi connectivity index (χ1n) is 5.47. The van der Waals surface area contributed by atoms with E-state index in [9.17, 15) is 8.78 Å². The van der Waals surface area contributed by atoms with Crippen molar-refractivity contribution in [1.82, 2.24) is 0 Å². The molecule has 1 nitrogen and oxygen atoms in total. The van der Waals surface area contributed by atoms with E-state index in [1.807, 2.05) is 0 Å². The molecule has 0 aliphatic heterocycles. The van der Waals surface area contributed by atoms with Gasteiger partial charge in [0.15, 0.2) is 17.4 Å². The van der Waals surface area contributed by atoms with Crippen LogP contribution in [0.15, 0.2) is 18.2 Å². The highest BCUT2D eigenvalue weighted by Gasteiger charge is 2.12. The number of ether oxygens (including phenoxy) is 1. The van der Waals surface area contributed by atoms with E-state index in [4.69, 9.17) is 4.74 Å². The van der Waals surface area contributed by atoms with Crippen LogP contribution >= 0.6 is 0 Å². The molecular formula is C13H18F2O. The molecule has 0 unspecified atom stereocenters. The van der Waals surface area contributed by atoms with Gasteiger partial charge in [0.05, 0.1) is 6.61 Å². The van der Waals surface area contributed by atoms with Gasteiger partial charge in [-0.25, -0.2) is 8.78 Å². The monoisotopic (exact) mass is 228 g/mol. The summed E-state index contributed by atoms with van der Waals surface area (Å²) in [6.07, 6.45) is 1.75. The van der Waals surface area contributed by atoms with E-state index in [1.165, 1.54) is 18.2 Å². The Morgan fingerprint density at radius 2 is 1.69 bits per heavy atom. The standard InChI is InChI=1S/C13H18F2O/c1-13(2,3)8-5-9-16-12-10(14)6-4-7-11(12)15/h4,6-7H,5,8-9H2,1-3H3. The third-order valence-electron chi connectivity index (χ3n) is 2.24. The van der Waals surface area contributed by atoms with Crippen molar-refractivity contribution >= 4 is 0 Å². The minimum Gasteiger partial charge on any atom is -0.488 e. The van der Waals surface area contributed by atoms with E-state index >= 15 is 0 Å². The summed E-state index contributed by atoms with van der Waals surface area (Å²) < 4.78 is 31.4. The quantitative estimate of drug-likeness (QED) is 0.703. The zero-order chi connectivity index (χ0) is 12.2. The molecule has 1 aromatic rings. The van der Waals surface area contributed by atoms with E-state index in [0.717, 1.165) is 12.8 Å². The number of benzene rings is 1. The lowest BCUT2D eigenvalue weighted by molar-refractivity contribution is 0.250. The fraction of sp³-hybridized carbons (Fsp3) is 0.538. The lowest BCUT2D eigenvalue weighted by Crippen LogP contribution is -2.08. The predicted octanol–water partition coefficient (Wildman–Crippen LogP) is 4.17. The minimum absolute atomic E-state index is 0.219. The van der Waals surface area contributed by atoms with E-state index in [-0.39, 0.29) is 11.2 Å². The number of rotatable bonds is 4. The third kappa shape index (κ3) is 4.17. The molecule has 0 aromatic heterocycles. The van der Waals surface area contributed by atoms with Crippen molar-refractivity contribution in [3.05, 3.63) is 29.8 Å². The molecule has 0 radical (unpaired) electrons. The second-order valence-electron chi connectivity index (χ2n) is 5.06. The van der Waals surface area contributed by atoms with Gasteiger partial charge in [-0.3, -0.25) is 0 Å². The first kappa shape index (κ1) is 12.9. The highest BCUT2D eigenvalue weighted by atomic mass is 19.1. The molecule has 0 atom stereocenters. The Balaban J connectivity index is 2.43. The van der Waals surface area contributed by atoms with E-state index in [0.29, 0.717) is 6.61 Å². The largest absolute Gasteiger partial charge is 0.488 e. The van der Waals surface area contributed by atoms with Gasteiger partial charge in [-0.15, -0.1) is 0 Å². The molecule has 0 amide bonds. The number of halogens is 2. The van der Waals surface area contributed by atoms with Crippen LogP contribution in [0.25, 0.3) is 0 Å².